The Hall–Kier alpha value is -8.99. The molecule has 2 aromatic rings. The van der Waals surface area contributed by atoms with E-state index in [2.05, 4.69) is 42.5 Å². The molecule has 18 atom stereocenters. The Balaban J connectivity index is 0.922. The van der Waals surface area contributed by atoms with Crippen LogP contribution in [0.2, 0.25) is 0 Å². The average Bonchev–Trinajstić information content (AvgIpc) is 1.57. The fourth-order valence-electron chi connectivity index (χ4n) is 18.4. The molecule has 6 heterocycles. The lowest BCUT2D eigenvalue weighted by molar-refractivity contribution is -0.277. The lowest BCUT2D eigenvalue weighted by Gasteiger charge is -2.54. The number of rotatable bonds is 20. The largest absolute Gasteiger partial charge is 0.512 e. The van der Waals surface area contributed by atoms with Crippen LogP contribution in [0.1, 0.15) is 103 Å². The van der Waals surface area contributed by atoms with Crippen LogP contribution in [0.5, 0.6) is 23.0 Å². The first-order valence-corrected chi connectivity index (χ1v) is 42.2. The topological polar surface area (TPSA) is 526 Å². The van der Waals surface area contributed by atoms with Gasteiger partial charge in [0.1, 0.15) is 102 Å². The van der Waals surface area contributed by atoms with Crippen LogP contribution < -0.4 is 66.2 Å². The highest BCUT2D eigenvalue weighted by Gasteiger charge is 2.66. The summed E-state index contributed by atoms with van der Waals surface area (Å²) in [4.78, 5) is 125. The highest BCUT2D eigenvalue weighted by molar-refractivity contribution is 7.90. The van der Waals surface area contributed by atoms with Gasteiger partial charge in [0, 0.05) is 37.5 Å². The Morgan fingerprint density at radius 3 is 2.09 bits per heavy atom. The molecule has 35 nitrogen and oxygen atoms in total. The molecule has 8 amide bonds. The fourth-order valence-corrected chi connectivity index (χ4v) is 20.0. The minimum Gasteiger partial charge on any atom is -0.512 e. The molecule has 15 bridgehead atoms. The molecule has 2 aromatic carbocycles. The third-order valence-corrected chi connectivity index (χ3v) is 26.5. The zero-order valence-corrected chi connectivity index (χ0v) is 67.7. The highest BCUT2D eigenvalue weighted by Crippen LogP contribution is 2.55. The Kier molecular flexibility index (Phi) is 25.8. The van der Waals surface area contributed by atoms with Crippen molar-refractivity contribution in [3.63, 3.8) is 0 Å². The van der Waals surface area contributed by atoms with E-state index in [1.165, 1.54) is 56.7 Å². The minimum absolute atomic E-state index is 0.0217. The number of methoxy groups -OCH3 is 1. The van der Waals surface area contributed by atoms with Gasteiger partial charge in [-0.25, -0.2) is 13.1 Å². The maximum atomic E-state index is 16.6. The monoisotopic (exact) mass is 1720 g/mol. The predicted octanol–water partition coefficient (Wildman–Crippen LogP) is 0.362. The maximum Gasteiger partial charge on any atom is 0.264 e. The molecule has 7 fully saturated rings. The van der Waals surface area contributed by atoms with Crippen LogP contribution in [0, 0.1) is 41.4 Å². The number of aliphatic hydroxyl groups is 9. The van der Waals surface area contributed by atoms with Crippen LogP contribution in [0.15, 0.2) is 134 Å². The standard InChI is InChI=1S/C81H99Cl2N9O26S/c1-34(2)19-51(84-3)73(103)88-65-67(98)39-7-14-55(50(83)27-39)116-57-29-42-28-56(71(57)118-79-70(101)69(100)68(99)58(33-93)117-79)115-54-13-6-38(26-49(54)82)66(97)64-77(107)87-63(76(106)85-60-40-21-35-20-36(23-40)24-41(60)22-35)47-30-43(94)31-53(96)59(47)46-25-37(5-12-52(46)95)61(74(104)89-64)86-75(105)62(42)90-80(109)81(91-78(65)108)32-48(81)72(102)92-119(110,111)45-10-8-44(9-11-45)114-18-17-113-16-15-112-4/h5-6,8-13,27-30,34-36,40-41,43,46,48-49,51,58,60-70,79,84,93-101H,7,14-26,31-33H2,1-4H3,(H,85,106)(H,86,105)(H,87,107)(H,88,103)(H,89,104)(H,90,109)(H,91,108)(H,92,102)/t35?,36?,40?,41?,43-,46?,48-,49-,51+,58+,60?,61+,62+,63-,64-,65+,66+,67+,68+,69-,70+,79-,81?/m0/s1. The van der Waals surface area contributed by atoms with E-state index in [0.29, 0.717) is 18.4 Å². The first-order chi connectivity index (χ1) is 56.7. The van der Waals surface area contributed by atoms with Gasteiger partial charge in [0.05, 0.1) is 65.6 Å². The molecule has 38 heteroatoms. The van der Waals surface area contributed by atoms with E-state index in [-0.39, 0.29) is 113 Å². The second-order valence-corrected chi connectivity index (χ2v) is 35.5. The number of halogens is 2. The molecule has 644 valence electrons. The zero-order chi connectivity index (χ0) is 85.0. The van der Waals surface area contributed by atoms with Gasteiger partial charge >= 0.3 is 0 Å². The van der Waals surface area contributed by atoms with Crippen LogP contribution >= 0.6 is 23.2 Å². The number of ether oxygens (including phenoxy) is 7. The SMILES string of the molecule is CN[C@H](CC(C)C)C(=O)N[C@H]1C(=O)NC2(C[C@H]2C(=O)NS(=O)(=O)c2ccc(OCCOCCOC)cc2)C(=O)N[C@H]2C(=O)N[C@H]3C(=O)N[C@H](C(=O)N[C@H](C(=O)NC4C5CC6CC(C5)CC4C6)C4=C[C@H](O)CC(O)=C4C4CC3=CC=C4O)[C@H](O)C3=CC=C(Oc4cc2cc(c4O[C@@H]2O[C@H](CO)[C@@H](O)[C@H](O)[C@H]2O)OC2=C(Cl)C=C(CC2)[C@H]1O)[C@@H](Cl)C3. The van der Waals surface area contributed by atoms with Crippen LogP contribution in [0.3, 0.4) is 0 Å². The zero-order valence-electron chi connectivity index (χ0n) is 65.4. The summed E-state index contributed by atoms with van der Waals surface area (Å²) in [6.07, 6.45) is -6.23. The normalized spacial score (nSPS) is 34.0. The van der Waals surface area contributed by atoms with Gasteiger partial charge in [0.2, 0.25) is 59.3 Å². The molecule has 0 radical (unpaired) electrons. The van der Waals surface area contributed by atoms with Gasteiger partial charge in [-0.3, -0.25) is 38.4 Å². The number of sulfonamides is 1. The molecule has 0 aromatic heterocycles. The third kappa shape index (κ3) is 18.0. The maximum absolute atomic E-state index is 16.6. The molecule has 5 saturated carbocycles. The minimum atomic E-state index is -4.92. The molecule has 9 aliphatic carbocycles. The first-order valence-electron chi connectivity index (χ1n) is 39.9. The summed E-state index contributed by atoms with van der Waals surface area (Å²) in [5.41, 5.74) is -3.70. The average molecular weight is 1720 g/mol. The number of carbonyl (C=O) groups excluding carboxylic acids is 8. The Bertz CT molecular complexity index is 4710. The van der Waals surface area contributed by atoms with Crippen LogP contribution in [-0.2, 0) is 62.6 Å². The van der Waals surface area contributed by atoms with E-state index in [0.717, 1.165) is 62.4 Å². The molecule has 15 aliphatic rings. The number of aliphatic hydroxyl groups excluding tert-OH is 9. The molecule has 6 aliphatic heterocycles. The quantitative estimate of drug-likeness (QED) is 0.0629. The van der Waals surface area contributed by atoms with Crippen molar-refractivity contribution in [3.8, 4) is 23.0 Å². The van der Waals surface area contributed by atoms with Gasteiger partial charge in [-0.2, -0.15) is 0 Å². The molecule has 17 rings (SSSR count). The molecular formula is C81H99Cl2N9O26S. The summed E-state index contributed by atoms with van der Waals surface area (Å²) in [7, 11) is -1.94. The lowest BCUT2D eigenvalue weighted by Crippen LogP contribution is -2.64. The predicted molar refractivity (Wildman–Crippen MR) is 419 cm³/mol. The summed E-state index contributed by atoms with van der Waals surface area (Å²) < 4.78 is 72.7. The van der Waals surface area contributed by atoms with Crippen molar-refractivity contribution in [1.82, 2.24) is 47.3 Å². The number of alkyl halides is 1. The Morgan fingerprint density at radius 2 is 1.42 bits per heavy atom. The van der Waals surface area contributed by atoms with Gasteiger partial charge in [0.15, 0.2) is 11.5 Å². The highest BCUT2D eigenvalue weighted by atomic mass is 35.5. The summed E-state index contributed by atoms with van der Waals surface area (Å²) in [5.74, 6) is -15.2. The van der Waals surface area contributed by atoms with E-state index in [4.69, 9.17) is 56.4 Å². The Labute approximate surface area is 694 Å². The van der Waals surface area contributed by atoms with Gasteiger partial charge in [-0.05, 0) is 189 Å². The summed E-state index contributed by atoms with van der Waals surface area (Å²) in [6, 6.07) is -5.01. The van der Waals surface area contributed by atoms with Crippen molar-refractivity contribution in [2.45, 2.75) is 198 Å². The number of benzene rings is 2. The van der Waals surface area contributed by atoms with Crippen molar-refractivity contribution in [2.24, 2.45) is 41.4 Å². The third-order valence-electron chi connectivity index (χ3n) is 24.4. The number of hydrogen-bond donors (Lipinski definition) is 18. The summed E-state index contributed by atoms with van der Waals surface area (Å²) >= 11 is 14.5. The van der Waals surface area contributed by atoms with E-state index in [1.807, 2.05) is 18.6 Å². The number of carbonyl (C=O) groups is 8. The van der Waals surface area contributed by atoms with Gasteiger partial charge in [0.25, 0.3) is 10.0 Å². The number of likely N-dealkylation sites (N-methyl/N-ethyl adjacent to an activating group) is 1. The molecule has 18 N–H and O–H groups in total. The number of fused-ring (bicyclic) bond motifs is 13. The smallest absolute Gasteiger partial charge is 0.264 e. The van der Waals surface area contributed by atoms with Crippen LogP contribution in [0.4, 0.5) is 0 Å². The molecular weight excluding hydrogens is 1620 g/mol. The van der Waals surface area contributed by atoms with E-state index >= 15 is 33.6 Å². The van der Waals surface area contributed by atoms with Crippen LogP contribution in [-0.4, -0.2) is 245 Å². The second kappa shape index (κ2) is 35.6. The van der Waals surface area contributed by atoms with E-state index < -0.39 is 237 Å². The van der Waals surface area contributed by atoms with Gasteiger partial charge in [-0.15, -0.1) is 11.6 Å². The lowest BCUT2D eigenvalue weighted by atomic mass is 9.54. The van der Waals surface area contributed by atoms with Crippen LogP contribution in [0.25, 0.3) is 0 Å². The van der Waals surface area contributed by atoms with Gasteiger partial charge < -0.3 is 122 Å². The molecule has 2 saturated heterocycles. The summed E-state index contributed by atoms with van der Waals surface area (Å²) in [5, 5.41) is 126. The molecule has 1 spiro atoms. The number of allylic oxidation sites excluding steroid dienone is 9. The first kappa shape index (κ1) is 86.4. The molecule has 119 heavy (non-hydrogen) atoms. The van der Waals surface area contributed by atoms with E-state index in [9.17, 15) is 59.2 Å². The number of nitrogens with one attached hydrogen (secondary N) is 9. The number of amides is 8. The van der Waals surface area contributed by atoms with Crippen molar-refractivity contribution in [3.05, 3.63) is 134 Å². The number of hydrogen-bond acceptors (Lipinski definition) is 27. The van der Waals surface area contributed by atoms with E-state index in [1.54, 1.807) is 0 Å². The fraction of sp³-hybridized carbons (Fsp3) is 0.556. The molecule has 2 unspecified atom stereocenters. The Morgan fingerprint density at radius 1 is 0.731 bits per heavy atom. The van der Waals surface area contributed by atoms with Gasteiger partial charge in [-0.1, -0.05) is 37.6 Å². The summed E-state index contributed by atoms with van der Waals surface area (Å²) in [6.45, 7) is 3.48. The van der Waals surface area contributed by atoms with Crippen molar-refractivity contribution in [2.75, 3.05) is 47.2 Å². The van der Waals surface area contributed by atoms with Crippen molar-refractivity contribution >= 4 is 80.5 Å². The van der Waals surface area contributed by atoms with Crippen molar-refractivity contribution < 1.29 is 126 Å². The van der Waals surface area contributed by atoms with Crippen molar-refractivity contribution in [1.29, 1.82) is 0 Å². The second-order valence-electron chi connectivity index (χ2n) is 32.9.